The second-order valence-corrected chi connectivity index (χ2v) is 7.70. The van der Waals surface area contributed by atoms with Crippen molar-refractivity contribution in [3.8, 4) is 11.3 Å². The summed E-state index contributed by atoms with van der Waals surface area (Å²) < 4.78 is 33.2. The van der Waals surface area contributed by atoms with E-state index >= 15 is 0 Å². The first-order valence-corrected chi connectivity index (χ1v) is 9.35. The summed E-state index contributed by atoms with van der Waals surface area (Å²) in [5.74, 6) is -0.917. The number of carbonyl (C=O) groups is 1. The zero-order valence-corrected chi connectivity index (χ0v) is 15.0. The highest BCUT2D eigenvalue weighted by molar-refractivity contribution is 9.10. The molecule has 0 radical (unpaired) electrons. The van der Waals surface area contributed by atoms with E-state index in [1.807, 2.05) is 0 Å². The van der Waals surface area contributed by atoms with Crippen LogP contribution in [0.3, 0.4) is 0 Å². The van der Waals surface area contributed by atoms with Crippen molar-refractivity contribution >= 4 is 37.6 Å². The van der Waals surface area contributed by atoms with Crippen LogP contribution in [0.25, 0.3) is 11.3 Å². The van der Waals surface area contributed by atoms with Crippen LogP contribution in [0.15, 0.2) is 74.4 Å². The van der Waals surface area contributed by atoms with Gasteiger partial charge in [-0.1, -0.05) is 15.9 Å². The summed E-state index contributed by atoms with van der Waals surface area (Å²) >= 11 is 3.26. The van der Waals surface area contributed by atoms with Crippen molar-refractivity contribution in [3.05, 3.63) is 70.9 Å². The molecule has 0 saturated heterocycles. The van der Waals surface area contributed by atoms with Crippen LogP contribution in [0.4, 0.5) is 5.69 Å². The Bertz CT molecular complexity index is 1010. The fraction of sp³-hybridized carbons (Fsp3) is 0. The van der Waals surface area contributed by atoms with E-state index in [4.69, 9.17) is 9.52 Å². The molecule has 0 amide bonds. The normalized spacial score (nSPS) is 11.2. The molecule has 1 aromatic heterocycles. The van der Waals surface area contributed by atoms with Crippen LogP contribution in [0.5, 0.6) is 0 Å². The monoisotopic (exact) mass is 421 g/mol. The van der Waals surface area contributed by atoms with Gasteiger partial charge in [-0.05, 0) is 60.7 Å². The van der Waals surface area contributed by atoms with E-state index in [1.165, 1.54) is 18.2 Å². The van der Waals surface area contributed by atoms with E-state index in [2.05, 4.69) is 20.7 Å². The predicted molar refractivity (Wildman–Crippen MR) is 96.1 cm³/mol. The molecule has 0 aliphatic heterocycles. The first-order chi connectivity index (χ1) is 11.8. The number of nitrogens with one attached hydrogen (secondary N) is 1. The summed E-state index contributed by atoms with van der Waals surface area (Å²) in [6, 6.07) is 15.6. The van der Waals surface area contributed by atoms with E-state index in [1.54, 1.807) is 42.5 Å². The molecule has 2 N–H and O–H groups in total. The maximum atomic E-state index is 12.3. The number of aromatic carboxylic acids is 1. The zero-order valence-electron chi connectivity index (χ0n) is 12.6. The number of rotatable bonds is 5. The molecule has 8 heteroatoms. The lowest BCUT2D eigenvalue weighted by atomic mass is 10.1. The third kappa shape index (κ3) is 3.92. The largest absolute Gasteiger partial charge is 0.475 e. The molecule has 128 valence electrons. The summed E-state index contributed by atoms with van der Waals surface area (Å²) in [7, 11) is -3.69. The van der Waals surface area contributed by atoms with Crippen LogP contribution in [0.2, 0.25) is 0 Å². The van der Waals surface area contributed by atoms with Gasteiger partial charge in [-0.15, -0.1) is 0 Å². The zero-order chi connectivity index (χ0) is 18.0. The molecule has 0 unspecified atom stereocenters. The number of hydrogen-bond acceptors (Lipinski definition) is 4. The van der Waals surface area contributed by atoms with Crippen molar-refractivity contribution in [3.63, 3.8) is 0 Å². The van der Waals surface area contributed by atoms with Crippen molar-refractivity contribution in [1.29, 1.82) is 0 Å². The Morgan fingerprint density at radius 1 is 0.960 bits per heavy atom. The van der Waals surface area contributed by atoms with E-state index in [9.17, 15) is 13.2 Å². The maximum Gasteiger partial charge on any atom is 0.371 e. The molecular weight excluding hydrogens is 410 g/mol. The van der Waals surface area contributed by atoms with E-state index in [-0.39, 0.29) is 10.7 Å². The van der Waals surface area contributed by atoms with Crippen LogP contribution in [0, 0.1) is 0 Å². The highest BCUT2D eigenvalue weighted by Crippen LogP contribution is 2.25. The van der Waals surface area contributed by atoms with Gasteiger partial charge in [0.2, 0.25) is 5.76 Å². The fourth-order valence-corrected chi connectivity index (χ4v) is 3.46. The Morgan fingerprint density at radius 3 is 2.16 bits per heavy atom. The fourth-order valence-electron chi connectivity index (χ4n) is 2.14. The number of hydrogen-bond donors (Lipinski definition) is 2. The van der Waals surface area contributed by atoms with Crippen molar-refractivity contribution in [2.75, 3.05) is 4.72 Å². The third-order valence-electron chi connectivity index (χ3n) is 3.36. The van der Waals surface area contributed by atoms with Gasteiger partial charge in [0.1, 0.15) is 5.76 Å². The number of benzene rings is 2. The topological polar surface area (TPSA) is 96.6 Å². The average molecular weight is 422 g/mol. The lowest BCUT2D eigenvalue weighted by molar-refractivity contribution is 0.0663. The minimum Gasteiger partial charge on any atom is -0.475 e. The first-order valence-electron chi connectivity index (χ1n) is 7.07. The quantitative estimate of drug-likeness (QED) is 0.642. The molecule has 0 spiro atoms. The standard InChI is InChI=1S/C17H12BrNO5S/c18-12-3-7-14(8-4-12)25(22,23)19-13-5-1-11(2-6-13)15-9-10-16(24-15)17(20)21/h1-10,19H,(H,20,21). The van der Waals surface area contributed by atoms with Gasteiger partial charge in [0.25, 0.3) is 10.0 Å². The average Bonchev–Trinajstić information content (AvgIpc) is 3.06. The number of anilines is 1. The van der Waals surface area contributed by atoms with Gasteiger partial charge in [0.15, 0.2) is 0 Å². The summed E-state index contributed by atoms with van der Waals surface area (Å²) in [4.78, 5) is 11.0. The number of furan rings is 1. The van der Waals surface area contributed by atoms with E-state index < -0.39 is 16.0 Å². The minimum absolute atomic E-state index is 0.150. The van der Waals surface area contributed by atoms with Crippen molar-refractivity contribution in [2.45, 2.75) is 4.90 Å². The maximum absolute atomic E-state index is 12.3. The lowest BCUT2D eigenvalue weighted by Gasteiger charge is -2.08. The van der Waals surface area contributed by atoms with Gasteiger partial charge in [0.05, 0.1) is 4.90 Å². The molecule has 1 heterocycles. The van der Waals surface area contributed by atoms with Crippen LogP contribution in [-0.2, 0) is 10.0 Å². The summed E-state index contributed by atoms with van der Waals surface area (Å²) in [5, 5.41) is 8.87. The van der Waals surface area contributed by atoms with Crippen molar-refractivity contribution in [1.82, 2.24) is 0 Å². The molecule has 0 bridgehead atoms. The molecule has 0 atom stereocenters. The molecule has 6 nitrogen and oxygen atoms in total. The van der Waals surface area contributed by atoms with E-state index in [0.717, 1.165) is 4.47 Å². The number of halogens is 1. The molecule has 2 aromatic carbocycles. The second-order valence-electron chi connectivity index (χ2n) is 5.11. The highest BCUT2D eigenvalue weighted by Gasteiger charge is 2.14. The third-order valence-corrected chi connectivity index (χ3v) is 5.29. The molecule has 0 saturated carbocycles. The number of sulfonamides is 1. The second kappa shape index (κ2) is 6.73. The first kappa shape index (κ1) is 17.2. The highest BCUT2D eigenvalue weighted by atomic mass is 79.9. The number of carboxylic acids is 1. The molecule has 3 aromatic rings. The van der Waals surface area contributed by atoms with Gasteiger partial charge in [-0.2, -0.15) is 0 Å². The Kier molecular flexibility index (Phi) is 4.65. The molecule has 25 heavy (non-hydrogen) atoms. The van der Waals surface area contributed by atoms with Gasteiger partial charge >= 0.3 is 5.97 Å². The molecule has 0 aliphatic carbocycles. The van der Waals surface area contributed by atoms with Crippen LogP contribution >= 0.6 is 15.9 Å². The van der Waals surface area contributed by atoms with Gasteiger partial charge in [0, 0.05) is 15.7 Å². The van der Waals surface area contributed by atoms with Crippen LogP contribution < -0.4 is 4.72 Å². The Hall–Kier alpha value is -2.58. The van der Waals surface area contributed by atoms with Gasteiger partial charge in [-0.3, -0.25) is 4.72 Å². The van der Waals surface area contributed by atoms with Gasteiger partial charge in [-0.25, -0.2) is 13.2 Å². The van der Waals surface area contributed by atoms with Crippen LogP contribution in [-0.4, -0.2) is 19.5 Å². The van der Waals surface area contributed by atoms with Crippen molar-refractivity contribution < 1.29 is 22.7 Å². The number of carboxylic acid groups (broad SMARTS) is 1. The summed E-state index contributed by atoms with van der Waals surface area (Å²) in [5.41, 5.74) is 1.02. The molecular formula is C17H12BrNO5S. The summed E-state index contributed by atoms with van der Waals surface area (Å²) in [6.45, 7) is 0. The van der Waals surface area contributed by atoms with E-state index in [0.29, 0.717) is 17.0 Å². The Labute approximate surface area is 152 Å². The summed E-state index contributed by atoms with van der Waals surface area (Å²) in [6.07, 6.45) is 0. The Morgan fingerprint density at radius 2 is 1.60 bits per heavy atom. The smallest absolute Gasteiger partial charge is 0.371 e. The van der Waals surface area contributed by atoms with Crippen molar-refractivity contribution in [2.24, 2.45) is 0 Å². The molecule has 0 aliphatic rings. The minimum atomic E-state index is -3.69. The predicted octanol–water partition coefficient (Wildman–Crippen LogP) is 4.21. The molecule has 0 fully saturated rings. The van der Waals surface area contributed by atoms with Crippen LogP contribution in [0.1, 0.15) is 10.6 Å². The SMILES string of the molecule is O=C(O)c1ccc(-c2ccc(NS(=O)(=O)c3ccc(Br)cc3)cc2)o1. The van der Waals surface area contributed by atoms with Gasteiger partial charge < -0.3 is 9.52 Å². The lowest BCUT2D eigenvalue weighted by Crippen LogP contribution is -2.12. The Balaban J connectivity index is 1.80. The molecule has 3 rings (SSSR count).